The smallest absolute Gasteiger partial charge is 0.251 e. The van der Waals surface area contributed by atoms with Gasteiger partial charge in [0.25, 0.3) is 5.91 Å². The Labute approximate surface area is 261 Å². The molecule has 0 fully saturated rings. The average molecular weight is 617 g/mol. The maximum atomic E-state index is 13.4. The van der Waals surface area contributed by atoms with Gasteiger partial charge in [0, 0.05) is 47.3 Å². The SMILES string of the molecule is Cc1cccc(OCCCC(=O)N2CCCSc3c(-c4cnn(Cc5cccc(C(=O)NCCOF)c5)c4)cccc32)c1C. The lowest BCUT2D eigenvalue weighted by Crippen LogP contribution is -2.32. The van der Waals surface area contributed by atoms with Gasteiger partial charge in [-0.2, -0.15) is 10.0 Å². The van der Waals surface area contributed by atoms with E-state index in [1.54, 1.807) is 23.9 Å². The highest BCUT2D eigenvalue weighted by molar-refractivity contribution is 7.99. The van der Waals surface area contributed by atoms with Crippen LogP contribution in [0.1, 0.15) is 46.3 Å². The molecule has 5 rings (SSSR count). The van der Waals surface area contributed by atoms with Crippen molar-refractivity contribution in [2.45, 2.75) is 44.6 Å². The van der Waals surface area contributed by atoms with Crippen LogP contribution >= 0.6 is 11.8 Å². The molecule has 230 valence electrons. The minimum absolute atomic E-state index is 0.0899. The first-order valence-corrected chi connectivity index (χ1v) is 15.8. The number of aromatic nitrogens is 2. The van der Waals surface area contributed by atoms with E-state index < -0.39 is 0 Å². The fourth-order valence-electron chi connectivity index (χ4n) is 5.21. The lowest BCUT2D eigenvalue weighted by Gasteiger charge is -2.23. The van der Waals surface area contributed by atoms with Gasteiger partial charge in [0.1, 0.15) is 12.4 Å². The molecule has 0 spiro atoms. The number of amides is 2. The van der Waals surface area contributed by atoms with E-state index >= 15 is 0 Å². The largest absolute Gasteiger partial charge is 0.493 e. The molecule has 2 heterocycles. The van der Waals surface area contributed by atoms with E-state index in [2.05, 4.69) is 41.3 Å². The highest BCUT2D eigenvalue weighted by atomic mass is 32.2. The van der Waals surface area contributed by atoms with E-state index in [4.69, 9.17) is 4.74 Å². The molecular weight excluding hydrogens is 579 g/mol. The van der Waals surface area contributed by atoms with Crippen molar-refractivity contribution in [2.24, 2.45) is 0 Å². The summed E-state index contributed by atoms with van der Waals surface area (Å²) in [6.45, 7) is 5.67. The van der Waals surface area contributed by atoms with Gasteiger partial charge in [-0.25, -0.2) is 0 Å². The quantitative estimate of drug-likeness (QED) is 0.182. The minimum Gasteiger partial charge on any atom is -0.493 e. The second-order valence-electron chi connectivity index (χ2n) is 10.7. The van der Waals surface area contributed by atoms with Crippen molar-refractivity contribution in [3.05, 3.63) is 95.3 Å². The van der Waals surface area contributed by atoms with Crippen molar-refractivity contribution in [1.82, 2.24) is 15.1 Å². The molecule has 1 aliphatic heterocycles. The topological polar surface area (TPSA) is 85.7 Å². The lowest BCUT2D eigenvalue weighted by atomic mass is 10.1. The Morgan fingerprint density at radius 3 is 2.77 bits per heavy atom. The highest BCUT2D eigenvalue weighted by Crippen LogP contribution is 2.41. The number of carbonyl (C=O) groups excluding carboxylic acids is 2. The summed E-state index contributed by atoms with van der Waals surface area (Å²) in [6.07, 6.45) is 5.80. The number of anilines is 1. The number of hydrogen-bond acceptors (Lipinski definition) is 6. The summed E-state index contributed by atoms with van der Waals surface area (Å²) in [5, 5.41) is 7.21. The Morgan fingerprint density at radius 2 is 1.91 bits per heavy atom. The van der Waals surface area contributed by atoms with Gasteiger partial charge >= 0.3 is 0 Å². The zero-order chi connectivity index (χ0) is 30.9. The molecule has 4 aromatic rings. The Balaban J connectivity index is 1.25. The summed E-state index contributed by atoms with van der Waals surface area (Å²) in [6, 6.07) is 19.4. The maximum absolute atomic E-state index is 13.4. The number of hydrogen-bond donors (Lipinski definition) is 1. The van der Waals surface area contributed by atoms with E-state index in [0.717, 1.165) is 50.8 Å². The predicted octanol–water partition coefficient (Wildman–Crippen LogP) is 6.53. The van der Waals surface area contributed by atoms with Crippen LogP contribution in [-0.2, 0) is 16.3 Å². The van der Waals surface area contributed by atoms with Gasteiger partial charge in [0.2, 0.25) is 5.91 Å². The van der Waals surface area contributed by atoms with Gasteiger partial charge < -0.3 is 15.0 Å². The summed E-state index contributed by atoms with van der Waals surface area (Å²) in [5.41, 5.74) is 6.66. The summed E-state index contributed by atoms with van der Waals surface area (Å²) in [5.74, 6) is 1.61. The highest BCUT2D eigenvalue weighted by Gasteiger charge is 2.24. The van der Waals surface area contributed by atoms with Crippen LogP contribution in [0, 0.1) is 13.8 Å². The molecule has 1 N–H and O–H groups in total. The molecule has 10 heteroatoms. The van der Waals surface area contributed by atoms with E-state index in [1.807, 2.05) is 58.4 Å². The number of carbonyl (C=O) groups is 2. The van der Waals surface area contributed by atoms with Crippen LogP contribution in [0.15, 0.2) is 78.0 Å². The second kappa shape index (κ2) is 15.0. The third-order valence-corrected chi connectivity index (χ3v) is 8.86. The van der Waals surface area contributed by atoms with Crippen LogP contribution in [-0.4, -0.2) is 53.7 Å². The molecular formula is C34H37FN4O4S. The Hall–Kier alpha value is -4.15. The molecule has 0 radical (unpaired) electrons. The molecule has 1 aromatic heterocycles. The maximum Gasteiger partial charge on any atom is 0.251 e. The number of thioether (sulfide) groups is 1. The van der Waals surface area contributed by atoms with E-state index in [0.29, 0.717) is 38.1 Å². The minimum atomic E-state index is -0.290. The average Bonchev–Trinajstić information content (AvgIpc) is 3.38. The number of fused-ring (bicyclic) bond motifs is 1. The van der Waals surface area contributed by atoms with Gasteiger partial charge in [-0.15, -0.1) is 11.8 Å². The Morgan fingerprint density at radius 1 is 1.07 bits per heavy atom. The lowest BCUT2D eigenvalue weighted by molar-refractivity contribution is -0.129. The normalized spacial score (nSPS) is 12.8. The number of benzene rings is 3. The van der Waals surface area contributed by atoms with Crippen LogP contribution < -0.4 is 15.0 Å². The molecule has 3 aromatic carbocycles. The number of aryl methyl sites for hydroxylation is 1. The molecule has 0 saturated heterocycles. The molecule has 44 heavy (non-hydrogen) atoms. The zero-order valence-electron chi connectivity index (χ0n) is 25.1. The van der Waals surface area contributed by atoms with Gasteiger partial charge in [-0.05, 0) is 77.9 Å². The number of ether oxygens (including phenoxy) is 1. The molecule has 2 amide bonds. The Bertz CT molecular complexity index is 1610. The van der Waals surface area contributed by atoms with Gasteiger partial charge in [-0.1, -0.05) is 36.4 Å². The second-order valence-corrected chi connectivity index (χ2v) is 11.9. The molecule has 0 bridgehead atoms. The van der Waals surface area contributed by atoms with Crippen LogP contribution in [0.5, 0.6) is 5.75 Å². The Kier molecular flexibility index (Phi) is 10.7. The molecule has 0 atom stereocenters. The first kappa shape index (κ1) is 31.3. The predicted molar refractivity (Wildman–Crippen MR) is 171 cm³/mol. The van der Waals surface area contributed by atoms with Crippen molar-refractivity contribution >= 4 is 29.3 Å². The van der Waals surface area contributed by atoms with Gasteiger partial charge in [-0.3, -0.25) is 14.3 Å². The summed E-state index contributed by atoms with van der Waals surface area (Å²) >= 11 is 1.77. The van der Waals surface area contributed by atoms with Crippen LogP contribution in [0.2, 0.25) is 0 Å². The third kappa shape index (κ3) is 7.67. The molecule has 0 unspecified atom stereocenters. The van der Waals surface area contributed by atoms with Crippen LogP contribution in [0.3, 0.4) is 0 Å². The molecule has 0 aliphatic carbocycles. The first-order valence-electron chi connectivity index (χ1n) is 14.8. The standard InChI is InChI=1S/C34H37FN4O4S/c1-24-8-3-13-31(25(24)2)42-17-6-14-32(40)39-16-7-19-44-33-29(11-5-12-30(33)39)28-21-37-38(23-28)22-26-9-4-10-27(20-26)34(41)36-15-18-43-35/h3-5,8-13,20-21,23H,6-7,14-19,22H2,1-2H3,(H,36,41). The molecule has 0 saturated carbocycles. The van der Waals surface area contributed by atoms with E-state index in [9.17, 15) is 14.1 Å². The number of nitrogens with one attached hydrogen (secondary N) is 1. The van der Waals surface area contributed by atoms with Crippen LogP contribution in [0.4, 0.5) is 10.2 Å². The molecule has 8 nitrogen and oxygen atoms in total. The first-order chi connectivity index (χ1) is 21.4. The summed E-state index contributed by atoms with van der Waals surface area (Å²) < 4.78 is 19.7. The van der Waals surface area contributed by atoms with Gasteiger partial charge in [0.05, 0.1) is 25.0 Å². The summed E-state index contributed by atoms with van der Waals surface area (Å²) in [4.78, 5) is 32.3. The van der Waals surface area contributed by atoms with Crippen molar-refractivity contribution < 1.29 is 23.8 Å². The number of nitrogens with zero attached hydrogens (tertiary/aromatic N) is 3. The van der Waals surface area contributed by atoms with Crippen molar-refractivity contribution in [3.63, 3.8) is 0 Å². The number of rotatable bonds is 12. The van der Waals surface area contributed by atoms with Gasteiger partial charge in [0.15, 0.2) is 0 Å². The zero-order valence-corrected chi connectivity index (χ0v) is 25.9. The van der Waals surface area contributed by atoms with Crippen molar-refractivity contribution in [1.29, 1.82) is 0 Å². The number of halogens is 1. The molecule has 1 aliphatic rings. The fourth-order valence-corrected chi connectivity index (χ4v) is 6.35. The van der Waals surface area contributed by atoms with Crippen molar-refractivity contribution in [2.75, 3.05) is 37.0 Å². The fraction of sp³-hybridized carbons (Fsp3) is 0.324. The third-order valence-electron chi connectivity index (χ3n) is 7.65. The van der Waals surface area contributed by atoms with E-state index in [-0.39, 0.29) is 25.0 Å². The van der Waals surface area contributed by atoms with E-state index in [1.165, 1.54) is 5.56 Å². The monoisotopic (exact) mass is 616 g/mol. The van der Waals surface area contributed by atoms with Crippen LogP contribution in [0.25, 0.3) is 11.1 Å². The summed E-state index contributed by atoms with van der Waals surface area (Å²) in [7, 11) is 0. The van der Waals surface area contributed by atoms with Crippen molar-refractivity contribution in [3.8, 4) is 16.9 Å².